The molecule has 328 valence electrons. The van der Waals surface area contributed by atoms with Gasteiger partial charge < -0.3 is 13.7 Å². The summed E-state index contributed by atoms with van der Waals surface area (Å²) in [6, 6.07) is 101. The molecule has 0 saturated carbocycles. The molecule has 0 unspecified atom stereocenters. The molecular weight excluding hydrogens is 863 g/mol. The third-order valence-electron chi connectivity index (χ3n) is 14.8. The Balaban J connectivity index is 1.08. The van der Waals surface area contributed by atoms with Crippen molar-refractivity contribution in [3.05, 3.63) is 273 Å². The molecule has 0 N–H and O–H groups in total. The van der Waals surface area contributed by atoms with Crippen molar-refractivity contribution in [3.63, 3.8) is 0 Å². The van der Waals surface area contributed by atoms with E-state index in [2.05, 4.69) is 287 Å². The molecule has 70 heavy (non-hydrogen) atoms. The SMILES string of the molecule is c1ccc(-c2ccccc2-n2c3ccccc3c3ccc(-n4c5ccc(-n6c7ccccc7c7ccccc76)cc5c5cc([Si](c6ccccc6)(c6ccccc6)c6ccccc6)ccc54)cc32)cc1. The molecule has 0 spiro atoms. The van der Waals surface area contributed by atoms with Crippen molar-refractivity contribution in [2.24, 2.45) is 0 Å². The first-order valence-corrected chi connectivity index (χ1v) is 26.2. The van der Waals surface area contributed by atoms with Gasteiger partial charge in [0.2, 0.25) is 0 Å². The van der Waals surface area contributed by atoms with E-state index in [0.29, 0.717) is 0 Å². The molecule has 14 aromatic rings. The van der Waals surface area contributed by atoms with Gasteiger partial charge in [-0.2, -0.15) is 0 Å². The van der Waals surface area contributed by atoms with Gasteiger partial charge in [-0.1, -0.05) is 212 Å². The summed E-state index contributed by atoms with van der Waals surface area (Å²) in [7, 11) is -2.87. The van der Waals surface area contributed by atoms with E-state index in [9.17, 15) is 0 Å². The standard InChI is InChI=1S/C66H45N3Si/c1-5-21-46(22-6-1)53-29-13-17-33-60(53)69-63-36-20-16-32-56(63)57-40-37-48(44-66(57)69)68-64-41-38-47(67-61-34-18-14-30-54(61)55-31-15-19-35-62(55)67)43-58(64)59-45-52(39-42-65(59)68)70(49-23-7-2-8-24-49,50-25-9-3-10-26-50)51-27-11-4-12-28-51/h1-45H. The van der Waals surface area contributed by atoms with Crippen LogP contribution < -0.4 is 20.7 Å². The predicted octanol–water partition coefficient (Wildman–Crippen LogP) is 14.0. The topological polar surface area (TPSA) is 14.8 Å². The second kappa shape index (κ2) is 16.1. The summed E-state index contributed by atoms with van der Waals surface area (Å²) in [5, 5.41) is 12.8. The first kappa shape index (κ1) is 40.1. The van der Waals surface area contributed by atoms with E-state index in [0.717, 1.165) is 22.6 Å². The maximum atomic E-state index is 2.55. The highest BCUT2D eigenvalue weighted by atomic mass is 28.3. The number of hydrogen-bond donors (Lipinski definition) is 0. The van der Waals surface area contributed by atoms with Crippen molar-refractivity contribution < 1.29 is 0 Å². The Morgan fingerprint density at radius 2 is 0.629 bits per heavy atom. The molecular formula is C66H45N3Si. The molecule has 4 heteroatoms. The summed E-state index contributed by atoms with van der Waals surface area (Å²) in [4.78, 5) is 0. The summed E-state index contributed by atoms with van der Waals surface area (Å²) >= 11 is 0. The molecule has 0 fully saturated rings. The molecule has 0 amide bonds. The van der Waals surface area contributed by atoms with Crippen molar-refractivity contribution in [1.29, 1.82) is 0 Å². The van der Waals surface area contributed by atoms with Crippen molar-refractivity contribution in [1.82, 2.24) is 13.7 Å². The molecule has 0 saturated heterocycles. The van der Waals surface area contributed by atoms with Crippen LogP contribution in [0.5, 0.6) is 0 Å². The van der Waals surface area contributed by atoms with Crippen LogP contribution in [0.25, 0.3) is 93.6 Å². The first-order chi connectivity index (χ1) is 34.8. The minimum Gasteiger partial charge on any atom is -0.309 e. The van der Waals surface area contributed by atoms with E-state index in [4.69, 9.17) is 0 Å². The zero-order valence-electron chi connectivity index (χ0n) is 38.3. The van der Waals surface area contributed by atoms with Gasteiger partial charge in [0.15, 0.2) is 8.07 Å². The van der Waals surface area contributed by atoms with Gasteiger partial charge in [-0.3, -0.25) is 0 Å². The maximum absolute atomic E-state index is 2.87. The van der Waals surface area contributed by atoms with Crippen LogP contribution in [0, 0.1) is 0 Å². The lowest BCUT2D eigenvalue weighted by molar-refractivity contribution is 1.15. The van der Waals surface area contributed by atoms with Crippen molar-refractivity contribution in [2.45, 2.75) is 0 Å². The Bertz CT molecular complexity index is 4130. The van der Waals surface area contributed by atoms with Gasteiger partial charge in [-0.25, -0.2) is 0 Å². The highest BCUT2D eigenvalue weighted by Crippen LogP contribution is 2.40. The van der Waals surface area contributed by atoms with E-state index in [-0.39, 0.29) is 0 Å². The third-order valence-corrected chi connectivity index (χ3v) is 19.6. The molecule has 0 aliphatic heterocycles. The van der Waals surface area contributed by atoms with Crippen LogP contribution in [-0.2, 0) is 0 Å². The average Bonchev–Trinajstić information content (AvgIpc) is 4.07. The molecule has 3 nitrogen and oxygen atoms in total. The van der Waals surface area contributed by atoms with Crippen molar-refractivity contribution in [3.8, 4) is 28.2 Å². The summed E-state index contributed by atoms with van der Waals surface area (Å²) in [6.45, 7) is 0. The fourth-order valence-electron chi connectivity index (χ4n) is 11.8. The number of rotatable bonds is 8. The monoisotopic (exact) mass is 907 g/mol. The number of para-hydroxylation sites is 4. The molecule has 3 heterocycles. The van der Waals surface area contributed by atoms with Gasteiger partial charge in [0.05, 0.1) is 38.8 Å². The summed E-state index contributed by atoms with van der Waals surface area (Å²) in [6.07, 6.45) is 0. The van der Waals surface area contributed by atoms with Gasteiger partial charge in [0.25, 0.3) is 0 Å². The minimum absolute atomic E-state index is 1.11. The minimum atomic E-state index is -2.87. The highest BCUT2D eigenvalue weighted by Gasteiger charge is 2.41. The molecule has 0 bridgehead atoms. The second-order valence-electron chi connectivity index (χ2n) is 18.4. The van der Waals surface area contributed by atoms with Gasteiger partial charge in [-0.05, 0) is 87.0 Å². The molecule has 0 atom stereocenters. The number of nitrogens with zero attached hydrogens (tertiary/aromatic N) is 3. The summed E-state index contributed by atoms with van der Waals surface area (Å²) in [5.74, 6) is 0. The highest BCUT2D eigenvalue weighted by molar-refractivity contribution is 7.20. The van der Waals surface area contributed by atoms with Gasteiger partial charge in [0.1, 0.15) is 0 Å². The molecule has 11 aromatic carbocycles. The Hall–Kier alpha value is -8.96. The number of aromatic nitrogens is 3. The molecule has 0 aliphatic carbocycles. The van der Waals surface area contributed by atoms with E-state index < -0.39 is 8.07 Å². The Labute approximate surface area is 407 Å². The molecule has 14 rings (SSSR count). The van der Waals surface area contributed by atoms with Gasteiger partial charge >= 0.3 is 0 Å². The lowest BCUT2D eigenvalue weighted by atomic mass is 10.0. The van der Waals surface area contributed by atoms with E-state index in [1.807, 2.05) is 0 Å². The summed E-state index contributed by atoms with van der Waals surface area (Å²) < 4.78 is 7.43. The van der Waals surface area contributed by atoms with Crippen LogP contribution in [0.4, 0.5) is 0 Å². The van der Waals surface area contributed by atoms with Crippen LogP contribution in [0.15, 0.2) is 273 Å². The van der Waals surface area contributed by atoms with Crippen LogP contribution in [-0.4, -0.2) is 21.8 Å². The van der Waals surface area contributed by atoms with Crippen molar-refractivity contribution >= 4 is 94.2 Å². The van der Waals surface area contributed by atoms with Crippen LogP contribution in [0.1, 0.15) is 0 Å². The van der Waals surface area contributed by atoms with E-state index in [1.165, 1.54) is 91.8 Å². The maximum Gasteiger partial charge on any atom is 0.179 e. The van der Waals surface area contributed by atoms with E-state index >= 15 is 0 Å². The van der Waals surface area contributed by atoms with Gasteiger partial charge in [-0.15, -0.1) is 0 Å². The number of benzene rings is 11. The Morgan fingerprint density at radius 3 is 1.20 bits per heavy atom. The third kappa shape index (κ3) is 6.00. The quantitative estimate of drug-likeness (QED) is 0.107. The molecule has 3 aromatic heterocycles. The second-order valence-corrected chi connectivity index (χ2v) is 22.2. The normalized spacial score (nSPS) is 12.0. The Morgan fingerprint density at radius 1 is 0.229 bits per heavy atom. The largest absolute Gasteiger partial charge is 0.309 e. The molecule has 0 radical (unpaired) electrons. The molecule has 0 aliphatic rings. The first-order valence-electron chi connectivity index (χ1n) is 24.2. The van der Waals surface area contributed by atoms with Crippen LogP contribution in [0.3, 0.4) is 0 Å². The number of hydrogen-bond acceptors (Lipinski definition) is 0. The zero-order valence-corrected chi connectivity index (χ0v) is 39.3. The lowest BCUT2D eigenvalue weighted by Gasteiger charge is -2.34. The fraction of sp³-hybridized carbons (Fsp3) is 0. The number of fused-ring (bicyclic) bond motifs is 9. The van der Waals surface area contributed by atoms with Crippen LogP contribution in [0.2, 0.25) is 0 Å². The van der Waals surface area contributed by atoms with Gasteiger partial charge in [0, 0.05) is 49.3 Å². The van der Waals surface area contributed by atoms with Crippen molar-refractivity contribution in [2.75, 3.05) is 0 Å². The Kier molecular flexibility index (Phi) is 9.23. The zero-order chi connectivity index (χ0) is 46.2. The predicted molar refractivity (Wildman–Crippen MR) is 299 cm³/mol. The smallest absolute Gasteiger partial charge is 0.179 e. The van der Waals surface area contributed by atoms with E-state index in [1.54, 1.807) is 0 Å². The fourth-order valence-corrected chi connectivity index (χ4v) is 16.6. The summed E-state index contributed by atoms with van der Waals surface area (Å²) in [5.41, 5.74) is 12.9. The average molecular weight is 908 g/mol. The lowest BCUT2D eigenvalue weighted by Crippen LogP contribution is -2.74. The van der Waals surface area contributed by atoms with Crippen LogP contribution >= 0.6 is 0 Å².